The van der Waals surface area contributed by atoms with Gasteiger partial charge in [0, 0.05) is 37.5 Å². The van der Waals surface area contributed by atoms with E-state index in [1.165, 1.54) is 11.9 Å². The molecule has 2 aromatic rings. The topological polar surface area (TPSA) is 91.5 Å². The van der Waals surface area contributed by atoms with Crippen molar-refractivity contribution in [3.05, 3.63) is 53.7 Å². The van der Waals surface area contributed by atoms with Crippen molar-refractivity contribution in [1.29, 1.82) is 0 Å². The SMILES string of the molecule is CNc1c(NC2=CC(=O)NCC2)cc(NSc2ccccc2OC)cc1C1(C=O)CCC1. The molecule has 0 radical (unpaired) electrons. The number of carbonyl (C=O) groups excluding carboxylic acids is 2. The van der Waals surface area contributed by atoms with E-state index in [9.17, 15) is 9.59 Å². The number of nitrogens with one attached hydrogen (secondary N) is 4. The molecule has 0 spiro atoms. The van der Waals surface area contributed by atoms with Crippen molar-refractivity contribution in [1.82, 2.24) is 5.32 Å². The molecule has 32 heavy (non-hydrogen) atoms. The first-order valence-corrected chi connectivity index (χ1v) is 11.5. The molecule has 8 heteroatoms. The first-order valence-electron chi connectivity index (χ1n) is 10.7. The van der Waals surface area contributed by atoms with Crippen LogP contribution >= 0.6 is 11.9 Å². The molecule has 7 nitrogen and oxygen atoms in total. The Balaban J connectivity index is 1.71. The van der Waals surface area contributed by atoms with Crippen molar-refractivity contribution >= 4 is 41.2 Å². The van der Waals surface area contributed by atoms with E-state index in [1.807, 2.05) is 37.4 Å². The van der Waals surface area contributed by atoms with Gasteiger partial charge in [0.15, 0.2) is 0 Å². The van der Waals surface area contributed by atoms with Gasteiger partial charge >= 0.3 is 0 Å². The number of para-hydroxylation sites is 1. The zero-order chi connectivity index (χ0) is 22.6. The molecule has 4 rings (SSSR count). The summed E-state index contributed by atoms with van der Waals surface area (Å²) in [4.78, 5) is 24.9. The molecule has 1 saturated carbocycles. The molecule has 4 N–H and O–H groups in total. The molecule has 2 aromatic carbocycles. The van der Waals surface area contributed by atoms with Gasteiger partial charge in [0.2, 0.25) is 5.91 Å². The fraction of sp³-hybridized carbons (Fsp3) is 0.333. The van der Waals surface area contributed by atoms with Crippen LogP contribution in [0.15, 0.2) is 53.1 Å². The molecule has 0 unspecified atom stereocenters. The molecule has 1 heterocycles. The average molecular weight is 453 g/mol. The molecule has 2 aliphatic rings. The second-order valence-electron chi connectivity index (χ2n) is 8.01. The highest BCUT2D eigenvalue weighted by Crippen LogP contribution is 2.48. The Bertz CT molecular complexity index is 1050. The van der Waals surface area contributed by atoms with Crippen molar-refractivity contribution in [2.75, 3.05) is 36.1 Å². The molecule has 0 saturated heterocycles. The second-order valence-corrected chi connectivity index (χ2v) is 8.86. The van der Waals surface area contributed by atoms with Gasteiger partial charge in [-0.25, -0.2) is 0 Å². The lowest BCUT2D eigenvalue weighted by atomic mass is 9.65. The molecule has 0 aromatic heterocycles. The van der Waals surface area contributed by atoms with Crippen LogP contribution in [0.25, 0.3) is 0 Å². The summed E-state index contributed by atoms with van der Waals surface area (Å²) < 4.78 is 8.86. The molecule has 0 bridgehead atoms. The van der Waals surface area contributed by atoms with Crippen molar-refractivity contribution in [3.8, 4) is 5.75 Å². The number of carbonyl (C=O) groups is 2. The summed E-state index contributed by atoms with van der Waals surface area (Å²) in [6, 6.07) is 11.9. The van der Waals surface area contributed by atoms with Crippen molar-refractivity contribution in [2.45, 2.75) is 36.0 Å². The fourth-order valence-electron chi connectivity index (χ4n) is 4.16. The van der Waals surface area contributed by atoms with Crippen LogP contribution in [-0.2, 0) is 15.0 Å². The first kappa shape index (κ1) is 22.1. The van der Waals surface area contributed by atoms with Crippen molar-refractivity contribution in [2.24, 2.45) is 0 Å². The maximum Gasteiger partial charge on any atom is 0.245 e. The number of rotatable bonds is 9. The van der Waals surface area contributed by atoms with E-state index in [1.54, 1.807) is 13.2 Å². The maximum atomic E-state index is 12.1. The summed E-state index contributed by atoms with van der Waals surface area (Å²) in [6.07, 6.45) is 6.09. The number of amides is 1. The van der Waals surface area contributed by atoms with Gasteiger partial charge in [-0.05, 0) is 54.6 Å². The molecular weight excluding hydrogens is 424 g/mol. The lowest BCUT2D eigenvalue weighted by Gasteiger charge is -2.39. The lowest BCUT2D eigenvalue weighted by molar-refractivity contribution is -0.117. The number of methoxy groups -OCH3 is 1. The molecule has 1 fully saturated rings. The standard InChI is InChI=1S/C24H28N4O3S/c1-25-23-18(24(15-29)9-5-10-24)12-17(28-32-21-7-4-3-6-20(21)31-2)13-19(23)27-16-8-11-26-22(30)14-16/h3-4,6-7,12-15,25,27-28H,5,8-11H2,1-2H3,(H,26,30). The Morgan fingerprint density at radius 3 is 2.69 bits per heavy atom. The Morgan fingerprint density at radius 1 is 1.22 bits per heavy atom. The third-order valence-corrected chi connectivity index (χ3v) is 6.93. The minimum absolute atomic E-state index is 0.102. The molecule has 0 atom stereocenters. The highest BCUT2D eigenvalue weighted by atomic mass is 32.2. The summed E-state index contributed by atoms with van der Waals surface area (Å²) in [7, 11) is 3.51. The second kappa shape index (κ2) is 9.56. The summed E-state index contributed by atoms with van der Waals surface area (Å²) in [6.45, 7) is 0.597. The predicted octanol–water partition coefficient (Wildman–Crippen LogP) is 4.29. The highest BCUT2D eigenvalue weighted by molar-refractivity contribution is 8.00. The molecule has 1 aliphatic heterocycles. The third kappa shape index (κ3) is 4.41. The van der Waals surface area contributed by atoms with Crippen molar-refractivity contribution in [3.63, 3.8) is 0 Å². The summed E-state index contributed by atoms with van der Waals surface area (Å²) in [5.74, 6) is 0.687. The zero-order valence-electron chi connectivity index (χ0n) is 18.3. The van der Waals surface area contributed by atoms with Crippen LogP contribution in [0, 0.1) is 0 Å². The monoisotopic (exact) mass is 452 g/mol. The van der Waals surface area contributed by atoms with Crippen LogP contribution in [0.1, 0.15) is 31.2 Å². The van der Waals surface area contributed by atoms with E-state index < -0.39 is 5.41 Å². The van der Waals surface area contributed by atoms with Gasteiger partial charge in [0.1, 0.15) is 12.0 Å². The number of anilines is 3. The number of ether oxygens (including phenoxy) is 1. The van der Waals surface area contributed by atoms with E-state index in [0.717, 1.165) is 70.9 Å². The van der Waals surface area contributed by atoms with Gasteiger partial charge in [0.05, 0.1) is 28.8 Å². The van der Waals surface area contributed by atoms with Crippen LogP contribution in [0.2, 0.25) is 0 Å². The molecule has 1 aliphatic carbocycles. The van der Waals surface area contributed by atoms with Crippen molar-refractivity contribution < 1.29 is 14.3 Å². The highest BCUT2D eigenvalue weighted by Gasteiger charge is 2.41. The zero-order valence-corrected chi connectivity index (χ0v) is 19.1. The fourth-order valence-corrected chi connectivity index (χ4v) is 4.90. The van der Waals surface area contributed by atoms with Crippen LogP contribution in [0.5, 0.6) is 5.75 Å². The van der Waals surface area contributed by atoms with Crippen LogP contribution in [0.3, 0.4) is 0 Å². The minimum atomic E-state index is -0.486. The summed E-state index contributed by atoms with van der Waals surface area (Å²) >= 11 is 1.46. The van der Waals surface area contributed by atoms with Crippen LogP contribution < -0.4 is 25.4 Å². The third-order valence-electron chi connectivity index (χ3n) is 6.04. The number of benzene rings is 2. The van der Waals surface area contributed by atoms with Gasteiger partial charge in [-0.1, -0.05) is 18.6 Å². The number of hydrogen-bond acceptors (Lipinski definition) is 7. The summed E-state index contributed by atoms with van der Waals surface area (Å²) in [5.41, 5.74) is 3.92. The van der Waals surface area contributed by atoms with Gasteiger partial charge in [-0.15, -0.1) is 0 Å². The van der Waals surface area contributed by atoms with E-state index in [4.69, 9.17) is 4.74 Å². The van der Waals surface area contributed by atoms with Gasteiger partial charge in [-0.3, -0.25) is 4.79 Å². The normalized spacial score (nSPS) is 16.8. The molecule has 168 valence electrons. The average Bonchev–Trinajstić information content (AvgIpc) is 2.77. The Hall–Kier alpha value is -3.13. The number of aldehydes is 1. The van der Waals surface area contributed by atoms with E-state index in [-0.39, 0.29) is 5.91 Å². The summed E-state index contributed by atoms with van der Waals surface area (Å²) in [5, 5.41) is 9.52. The van der Waals surface area contributed by atoms with Crippen LogP contribution in [-0.4, -0.2) is 32.9 Å². The lowest BCUT2D eigenvalue weighted by Crippen LogP contribution is -2.36. The maximum absolute atomic E-state index is 12.1. The predicted molar refractivity (Wildman–Crippen MR) is 129 cm³/mol. The Labute approximate surface area is 192 Å². The molecular formula is C24H28N4O3S. The quantitative estimate of drug-likeness (QED) is 0.333. The largest absolute Gasteiger partial charge is 0.496 e. The Kier molecular flexibility index (Phi) is 6.60. The number of hydrogen-bond donors (Lipinski definition) is 4. The van der Waals surface area contributed by atoms with E-state index >= 15 is 0 Å². The van der Waals surface area contributed by atoms with E-state index in [0.29, 0.717) is 6.54 Å². The Morgan fingerprint density at radius 2 is 2.03 bits per heavy atom. The van der Waals surface area contributed by atoms with E-state index in [2.05, 4.69) is 26.7 Å². The minimum Gasteiger partial charge on any atom is -0.496 e. The van der Waals surface area contributed by atoms with Gasteiger partial charge in [-0.2, -0.15) is 0 Å². The van der Waals surface area contributed by atoms with Crippen LogP contribution in [0.4, 0.5) is 17.1 Å². The first-order chi connectivity index (χ1) is 15.6. The molecule has 1 amide bonds. The van der Waals surface area contributed by atoms with Gasteiger partial charge in [0.25, 0.3) is 0 Å². The van der Waals surface area contributed by atoms with Gasteiger partial charge < -0.3 is 30.2 Å². The smallest absolute Gasteiger partial charge is 0.245 e.